The standard InChI is InChI=1S/C21H28N2O2.C4H10/c1-14(2)15(3)11-16(4)20(24)22-10-9-18(13-22)23-12-17-7-5-6-8-19(17)21(23)25;1-3-4-2/h5-8,11,14-15,18H,9-10,12-13H2,1-4H3;3-4H2,1-2H3/b16-11+;. The fraction of sp³-hybridized carbons (Fsp3) is 0.600. The molecule has 4 nitrogen and oxygen atoms in total. The molecular weight excluding hydrogens is 360 g/mol. The van der Waals surface area contributed by atoms with Crippen molar-refractivity contribution < 1.29 is 9.59 Å². The Balaban J connectivity index is 0.000000687. The first kappa shape index (κ1) is 23.2. The molecule has 1 saturated heterocycles. The highest BCUT2D eigenvalue weighted by molar-refractivity contribution is 5.98. The number of hydrogen-bond donors (Lipinski definition) is 0. The Morgan fingerprint density at radius 2 is 1.83 bits per heavy atom. The number of unbranched alkanes of at least 4 members (excludes halogenated alkanes) is 1. The zero-order chi connectivity index (χ0) is 21.6. The van der Waals surface area contributed by atoms with Crippen molar-refractivity contribution in [3.05, 3.63) is 47.0 Å². The molecule has 2 aliphatic rings. The highest BCUT2D eigenvalue weighted by atomic mass is 16.2. The lowest BCUT2D eigenvalue weighted by molar-refractivity contribution is -0.126. The molecule has 29 heavy (non-hydrogen) atoms. The van der Waals surface area contributed by atoms with E-state index in [0.29, 0.717) is 24.9 Å². The van der Waals surface area contributed by atoms with Gasteiger partial charge in [0.1, 0.15) is 0 Å². The lowest BCUT2D eigenvalue weighted by atomic mass is 9.95. The third-order valence-electron chi connectivity index (χ3n) is 6.14. The average molecular weight is 399 g/mol. The highest BCUT2D eigenvalue weighted by Crippen LogP contribution is 2.28. The van der Waals surface area contributed by atoms with Crippen LogP contribution in [0.2, 0.25) is 0 Å². The molecule has 160 valence electrons. The van der Waals surface area contributed by atoms with E-state index < -0.39 is 0 Å². The maximum atomic E-state index is 12.7. The van der Waals surface area contributed by atoms with Gasteiger partial charge in [0.15, 0.2) is 0 Å². The van der Waals surface area contributed by atoms with Crippen molar-refractivity contribution in [2.45, 2.75) is 73.4 Å². The number of nitrogens with zero attached hydrogens (tertiary/aromatic N) is 2. The number of allylic oxidation sites excluding steroid dienone is 1. The van der Waals surface area contributed by atoms with E-state index in [-0.39, 0.29) is 17.9 Å². The molecule has 2 amide bonds. The van der Waals surface area contributed by atoms with E-state index >= 15 is 0 Å². The molecule has 1 aromatic rings. The van der Waals surface area contributed by atoms with E-state index in [1.54, 1.807) is 0 Å². The Hall–Kier alpha value is -2.10. The van der Waals surface area contributed by atoms with E-state index in [0.717, 1.165) is 29.7 Å². The number of rotatable bonds is 5. The van der Waals surface area contributed by atoms with Crippen LogP contribution >= 0.6 is 0 Å². The molecular formula is C25H38N2O2. The predicted octanol–water partition coefficient (Wildman–Crippen LogP) is 5.29. The first-order valence-electron chi connectivity index (χ1n) is 11.2. The number of carbonyl (C=O) groups is 2. The summed E-state index contributed by atoms with van der Waals surface area (Å²) in [6, 6.07) is 7.93. The summed E-state index contributed by atoms with van der Waals surface area (Å²) in [5.74, 6) is 1.13. The summed E-state index contributed by atoms with van der Waals surface area (Å²) in [4.78, 5) is 29.2. The van der Waals surface area contributed by atoms with Crippen LogP contribution in [0, 0.1) is 11.8 Å². The Bertz CT molecular complexity index is 736. The van der Waals surface area contributed by atoms with Gasteiger partial charge in [-0.25, -0.2) is 0 Å². The number of carbonyl (C=O) groups excluding carboxylic acids is 2. The summed E-state index contributed by atoms with van der Waals surface area (Å²) in [6.07, 6.45) is 5.58. The van der Waals surface area contributed by atoms with Crippen LogP contribution in [0.4, 0.5) is 0 Å². The fourth-order valence-electron chi connectivity index (χ4n) is 3.66. The van der Waals surface area contributed by atoms with Crippen molar-refractivity contribution in [1.82, 2.24) is 9.80 Å². The number of likely N-dealkylation sites (tertiary alicyclic amines) is 1. The lowest BCUT2D eigenvalue weighted by Gasteiger charge is -2.24. The quantitative estimate of drug-likeness (QED) is 0.633. The minimum atomic E-state index is 0.107. The maximum Gasteiger partial charge on any atom is 0.254 e. The van der Waals surface area contributed by atoms with E-state index in [4.69, 9.17) is 0 Å². The summed E-state index contributed by atoms with van der Waals surface area (Å²) in [6.45, 7) is 14.8. The van der Waals surface area contributed by atoms with Crippen molar-refractivity contribution >= 4 is 11.8 Å². The Kier molecular flexibility index (Phi) is 8.48. The zero-order valence-corrected chi connectivity index (χ0v) is 19.1. The van der Waals surface area contributed by atoms with E-state index in [2.05, 4.69) is 40.7 Å². The third-order valence-corrected chi connectivity index (χ3v) is 6.14. The summed E-state index contributed by atoms with van der Waals surface area (Å²) in [7, 11) is 0. The maximum absolute atomic E-state index is 12.7. The summed E-state index contributed by atoms with van der Waals surface area (Å²) < 4.78 is 0. The predicted molar refractivity (Wildman–Crippen MR) is 120 cm³/mol. The molecule has 0 radical (unpaired) electrons. The molecule has 1 fully saturated rings. The number of benzene rings is 1. The molecule has 3 rings (SSSR count). The summed E-state index contributed by atoms with van der Waals surface area (Å²) in [5.41, 5.74) is 2.73. The molecule has 1 aromatic carbocycles. The second kappa shape index (κ2) is 10.6. The normalized spacial score (nSPS) is 19.9. The molecule has 0 aromatic heterocycles. The molecule has 2 unspecified atom stereocenters. The molecule has 0 N–H and O–H groups in total. The van der Waals surface area contributed by atoms with Crippen LogP contribution in [0.3, 0.4) is 0 Å². The van der Waals surface area contributed by atoms with Crippen LogP contribution in [0.25, 0.3) is 0 Å². The van der Waals surface area contributed by atoms with Gasteiger partial charge in [0.2, 0.25) is 5.91 Å². The van der Waals surface area contributed by atoms with Gasteiger partial charge in [-0.05, 0) is 36.8 Å². The van der Waals surface area contributed by atoms with Gasteiger partial charge in [-0.3, -0.25) is 9.59 Å². The van der Waals surface area contributed by atoms with Crippen LogP contribution < -0.4 is 0 Å². The van der Waals surface area contributed by atoms with E-state index in [1.807, 2.05) is 41.0 Å². The molecule has 0 aliphatic carbocycles. The monoisotopic (exact) mass is 398 g/mol. The largest absolute Gasteiger partial charge is 0.337 e. The SMILES string of the molecule is C/C(=C\C(C)C(C)C)C(=O)N1CCC(N2Cc3ccccc3C2=O)C1.CCCC. The van der Waals surface area contributed by atoms with Gasteiger partial charge >= 0.3 is 0 Å². The van der Waals surface area contributed by atoms with E-state index in [1.165, 1.54) is 12.8 Å². The molecule has 0 bridgehead atoms. The van der Waals surface area contributed by atoms with Gasteiger partial charge < -0.3 is 9.80 Å². The highest BCUT2D eigenvalue weighted by Gasteiger charge is 2.37. The second-order valence-electron chi connectivity index (χ2n) is 8.74. The Labute approximate surface area is 177 Å². The van der Waals surface area contributed by atoms with Crippen molar-refractivity contribution in [2.75, 3.05) is 13.1 Å². The van der Waals surface area contributed by atoms with Crippen molar-refractivity contribution in [2.24, 2.45) is 11.8 Å². The summed E-state index contributed by atoms with van der Waals surface area (Å²) >= 11 is 0. The number of hydrogen-bond acceptors (Lipinski definition) is 2. The molecule has 2 heterocycles. The second-order valence-corrected chi connectivity index (χ2v) is 8.74. The first-order chi connectivity index (χ1) is 13.8. The average Bonchev–Trinajstić information content (AvgIpc) is 3.32. The lowest BCUT2D eigenvalue weighted by Crippen LogP contribution is -2.39. The van der Waals surface area contributed by atoms with Crippen LogP contribution in [-0.2, 0) is 11.3 Å². The van der Waals surface area contributed by atoms with Crippen molar-refractivity contribution in [3.63, 3.8) is 0 Å². The number of amides is 2. The topological polar surface area (TPSA) is 40.6 Å². The van der Waals surface area contributed by atoms with Gasteiger partial charge in [-0.15, -0.1) is 0 Å². The third kappa shape index (κ3) is 5.71. The Morgan fingerprint density at radius 1 is 1.17 bits per heavy atom. The first-order valence-corrected chi connectivity index (χ1v) is 11.2. The zero-order valence-electron chi connectivity index (χ0n) is 19.1. The van der Waals surface area contributed by atoms with Gasteiger partial charge in [0.25, 0.3) is 5.91 Å². The van der Waals surface area contributed by atoms with Crippen LogP contribution in [0.5, 0.6) is 0 Å². The van der Waals surface area contributed by atoms with Crippen LogP contribution in [-0.4, -0.2) is 40.7 Å². The van der Waals surface area contributed by atoms with Gasteiger partial charge in [0.05, 0.1) is 6.04 Å². The minimum absolute atomic E-state index is 0.107. The van der Waals surface area contributed by atoms with Gasteiger partial charge in [0, 0.05) is 30.8 Å². The van der Waals surface area contributed by atoms with E-state index in [9.17, 15) is 9.59 Å². The van der Waals surface area contributed by atoms with Gasteiger partial charge in [-0.1, -0.05) is 71.7 Å². The summed E-state index contributed by atoms with van der Waals surface area (Å²) in [5, 5.41) is 0. The molecule has 4 heteroatoms. The Morgan fingerprint density at radius 3 is 2.41 bits per heavy atom. The minimum Gasteiger partial charge on any atom is -0.337 e. The molecule has 0 saturated carbocycles. The van der Waals surface area contributed by atoms with Crippen LogP contribution in [0.1, 0.15) is 76.7 Å². The van der Waals surface area contributed by atoms with Crippen LogP contribution in [0.15, 0.2) is 35.9 Å². The van der Waals surface area contributed by atoms with Gasteiger partial charge in [-0.2, -0.15) is 0 Å². The van der Waals surface area contributed by atoms with Crippen molar-refractivity contribution in [1.29, 1.82) is 0 Å². The molecule has 2 atom stereocenters. The molecule has 2 aliphatic heterocycles. The van der Waals surface area contributed by atoms with Crippen molar-refractivity contribution in [3.8, 4) is 0 Å². The fourth-order valence-corrected chi connectivity index (χ4v) is 3.66. The number of fused-ring (bicyclic) bond motifs is 1. The molecule has 0 spiro atoms. The smallest absolute Gasteiger partial charge is 0.254 e.